The highest BCUT2D eigenvalue weighted by molar-refractivity contribution is 7.89. The second-order valence-corrected chi connectivity index (χ2v) is 9.14. The Bertz CT molecular complexity index is 1030. The zero-order valence-electron chi connectivity index (χ0n) is 15.8. The zero-order valence-corrected chi connectivity index (χ0v) is 18.1. The van der Waals surface area contributed by atoms with Gasteiger partial charge < -0.3 is 14.8 Å². The summed E-state index contributed by atoms with van der Waals surface area (Å²) in [4.78, 5) is 12.9. The second-order valence-electron chi connectivity index (χ2n) is 6.40. The van der Waals surface area contributed by atoms with Crippen molar-refractivity contribution in [3.8, 4) is 11.5 Å². The molecule has 1 atom stereocenters. The normalized spacial score (nSPS) is 17.2. The molecular formula is C19H20Cl2N2O5S. The van der Waals surface area contributed by atoms with Crippen LogP contribution in [0.3, 0.4) is 0 Å². The van der Waals surface area contributed by atoms with Crippen molar-refractivity contribution in [3.63, 3.8) is 0 Å². The average Bonchev–Trinajstić information content (AvgIpc) is 3.21. The molecule has 0 spiro atoms. The Labute approximate surface area is 179 Å². The number of sulfonamides is 1. The van der Waals surface area contributed by atoms with Crippen LogP contribution in [0, 0.1) is 0 Å². The fourth-order valence-electron chi connectivity index (χ4n) is 3.21. The van der Waals surface area contributed by atoms with E-state index >= 15 is 0 Å². The van der Waals surface area contributed by atoms with Gasteiger partial charge in [0.05, 0.1) is 29.8 Å². The van der Waals surface area contributed by atoms with E-state index in [9.17, 15) is 13.2 Å². The van der Waals surface area contributed by atoms with Crippen molar-refractivity contribution in [1.29, 1.82) is 0 Å². The summed E-state index contributed by atoms with van der Waals surface area (Å²) in [5, 5.41) is 3.40. The first kappa shape index (κ1) is 21.7. The Balaban J connectivity index is 1.87. The number of hydrogen-bond acceptors (Lipinski definition) is 5. The SMILES string of the molecule is COc1ccc(S(=O)(=O)N2CCCC2C(=O)Nc2cc(Cl)ccc2Cl)cc1OC. The predicted octanol–water partition coefficient (Wildman–Crippen LogP) is 3.80. The second kappa shape index (κ2) is 8.79. The molecule has 1 fully saturated rings. The maximum Gasteiger partial charge on any atom is 0.243 e. The van der Waals surface area contributed by atoms with Gasteiger partial charge in [-0.1, -0.05) is 23.2 Å². The van der Waals surface area contributed by atoms with Gasteiger partial charge in [-0.05, 0) is 43.2 Å². The van der Waals surface area contributed by atoms with Gasteiger partial charge >= 0.3 is 0 Å². The summed E-state index contributed by atoms with van der Waals surface area (Å²) in [5.74, 6) is 0.243. The minimum Gasteiger partial charge on any atom is -0.493 e. The Hall–Kier alpha value is -2.00. The van der Waals surface area contributed by atoms with Gasteiger partial charge in [-0.2, -0.15) is 4.31 Å². The Morgan fingerprint density at radius 3 is 2.52 bits per heavy atom. The van der Waals surface area contributed by atoms with Crippen LogP contribution < -0.4 is 14.8 Å². The van der Waals surface area contributed by atoms with Gasteiger partial charge in [0.25, 0.3) is 0 Å². The number of nitrogens with zero attached hydrogens (tertiary/aromatic N) is 1. The molecule has 1 heterocycles. The topological polar surface area (TPSA) is 84.9 Å². The molecule has 3 rings (SSSR count). The summed E-state index contributed by atoms with van der Waals surface area (Å²) in [6.07, 6.45) is 0.963. The summed E-state index contributed by atoms with van der Waals surface area (Å²) in [5.41, 5.74) is 0.333. The number of anilines is 1. The van der Waals surface area contributed by atoms with E-state index in [1.807, 2.05) is 0 Å². The molecule has 0 aliphatic carbocycles. The third kappa shape index (κ3) is 4.45. The minimum atomic E-state index is -3.92. The number of nitrogens with one attached hydrogen (secondary N) is 1. The van der Waals surface area contributed by atoms with E-state index in [4.69, 9.17) is 32.7 Å². The van der Waals surface area contributed by atoms with Crippen molar-refractivity contribution in [2.45, 2.75) is 23.8 Å². The molecule has 0 saturated carbocycles. The summed E-state index contributed by atoms with van der Waals surface area (Å²) in [6, 6.07) is 8.15. The van der Waals surface area contributed by atoms with Crippen molar-refractivity contribution in [3.05, 3.63) is 46.4 Å². The van der Waals surface area contributed by atoms with Gasteiger partial charge in [-0.3, -0.25) is 4.79 Å². The number of carbonyl (C=O) groups excluding carboxylic acids is 1. The minimum absolute atomic E-state index is 0.0237. The van der Waals surface area contributed by atoms with E-state index in [1.54, 1.807) is 12.1 Å². The molecule has 29 heavy (non-hydrogen) atoms. The Kier molecular flexibility index (Phi) is 6.58. The smallest absolute Gasteiger partial charge is 0.243 e. The molecule has 2 aromatic rings. The van der Waals surface area contributed by atoms with E-state index in [1.165, 1.54) is 42.8 Å². The Morgan fingerprint density at radius 1 is 1.10 bits per heavy atom. The molecular weight excluding hydrogens is 439 g/mol. The first-order valence-corrected chi connectivity index (χ1v) is 11.0. The largest absolute Gasteiger partial charge is 0.493 e. The van der Waals surface area contributed by atoms with Crippen LogP contribution in [-0.4, -0.2) is 45.4 Å². The molecule has 156 valence electrons. The lowest BCUT2D eigenvalue weighted by molar-refractivity contribution is -0.119. The predicted molar refractivity (Wildman–Crippen MR) is 112 cm³/mol. The standard InChI is InChI=1S/C19H20Cl2N2O5S/c1-27-17-8-6-13(11-18(17)28-2)29(25,26)23-9-3-4-16(23)19(24)22-15-10-12(20)5-7-14(15)21/h5-8,10-11,16H,3-4,9H2,1-2H3,(H,22,24). The van der Waals surface area contributed by atoms with Gasteiger partial charge in [-0.15, -0.1) is 0 Å². The molecule has 10 heteroatoms. The molecule has 1 N–H and O–H groups in total. The van der Waals surface area contributed by atoms with E-state index in [0.717, 1.165) is 0 Å². The number of rotatable bonds is 6. The van der Waals surface area contributed by atoms with Crippen molar-refractivity contribution in [2.75, 3.05) is 26.1 Å². The number of methoxy groups -OCH3 is 2. The molecule has 1 amide bonds. The molecule has 1 saturated heterocycles. The first-order valence-electron chi connectivity index (χ1n) is 8.77. The van der Waals surface area contributed by atoms with Crippen molar-refractivity contribution >= 4 is 44.8 Å². The van der Waals surface area contributed by atoms with Crippen LogP contribution in [0.2, 0.25) is 10.0 Å². The lowest BCUT2D eigenvalue weighted by atomic mass is 10.2. The van der Waals surface area contributed by atoms with Gasteiger partial charge in [0.1, 0.15) is 6.04 Å². The van der Waals surface area contributed by atoms with Crippen LogP contribution in [0.4, 0.5) is 5.69 Å². The van der Waals surface area contributed by atoms with Gasteiger partial charge in [0.15, 0.2) is 11.5 Å². The third-order valence-corrected chi connectivity index (χ3v) is 7.12. The lowest BCUT2D eigenvalue weighted by Crippen LogP contribution is -2.43. The summed E-state index contributed by atoms with van der Waals surface area (Å²) in [6.45, 7) is 0.234. The third-order valence-electron chi connectivity index (χ3n) is 4.65. The number of halogens is 2. The Morgan fingerprint density at radius 2 is 1.83 bits per heavy atom. The molecule has 2 aromatic carbocycles. The fraction of sp³-hybridized carbons (Fsp3) is 0.316. The molecule has 1 aliphatic rings. The highest BCUT2D eigenvalue weighted by atomic mass is 35.5. The fourth-order valence-corrected chi connectivity index (χ4v) is 5.22. The number of amides is 1. The van der Waals surface area contributed by atoms with Crippen LogP contribution in [0.15, 0.2) is 41.3 Å². The maximum atomic E-state index is 13.2. The van der Waals surface area contributed by atoms with E-state index < -0.39 is 22.0 Å². The number of ether oxygens (including phenoxy) is 2. The first-order chi connectivity index (χ1) is 13.8. The average molecular weight is 459 g/mol. The van der Waals surface area contributed by atoms with E-state index in [2.05, 4.69) is 5.32 Å². The molecule has 0 radical (unpaired) electrons. The van der Waals surface area contributed by atoms with Crippen molar-refractivity contribution < 1.29 is 22.7 Å². The molecule has 0 bridgehead atoms. The van der Waals surface area contributed by atoms with Crippen molar-refractivity contribution in [2.24, 2.45) is 0 Å². The highest BCUT2D eigenvalue weighted by Crippen LogP contribution is 2.34. The molecule has 7 nitrogen and oxygen atoms in total. The summed E-state index contributed by atoms with van der Waals surface area (Å²) < 4.78 is 37.9. The maximum absolute atomic E-state index is 13.2. The van der Waals surface area contributed by atoms with Crippen LogP contribution >= 0.6 is 23.2 Å². The van der Waals surface area contributed by atoms with Crippen molar-refractivity contribution in [1.82, 2.24) is 4.31 Å². The van der Waals surface area contributed by atoms with Gasteiger partial charge in [0.2, 0.25) is 15.9 Å². The summed E-state index contributed by atoms with van der Waals surface area (Å²) >= 11 is 12.1. The number of carbonyl (C=O) groups is 1. The number of benzene rings is 2. The van der Waals surface area contributed by atoms with Gasteiger partial charge in [0, 0.05) is 17.6 Å². The van der Waals surface area contributed by atoms with Crippen LogP contribution in [0.25, 0.3) is 0 Å². The molecule has 0 aromatic heterocycles. The van der Waals surface area contributed by atoms with Crippen LogP contribution in [0.5, 0.6) is 11.5 Å². The van der Waals surface area contributed by atoms with Gasteiger partial charge in [-0.25, -0.2) is 8.42 Å². The summed E-state index contributed by atoms with van der Waals surface area (Å²) in [7, 11) is -1.03. The van der Waals surface area contributed by atoms with Crippen LogP contribution in [-0.2, 0) is 14.8 Å². The van der Waals surface area contributed by atoms with E-state index in [-0.39, 0.29) is 11.4 Å². The van der Waals surface area contributed by atoms with E-state index in [0.29, 0.717) is 40.1 Å². The quantitative estimate of drug-likeness (QED) is 0.711. The molecule has 1 unspecified atom stereocenters. The number of hydrogen-bond donors (Lipinski definition) is 1. The lowest BCUT2D eigenvalue weighted by Gasteiger charge is -2.24. The van der Waals surface area contributed by atoms with Crippen LogP contribution in [0.1, 0.15) is 12.8 Å². The molecule has 1 aliphatic heterocycles. The zero-order chi connectivity index (χ0) is 21.2. The monoisotopic (exact) mass is 458 g/mol. The highest BCUT2D eigenvalue weighted by Gasteiger charge is 2.40.